The summed E-state index contributed by atoms with van der Waals surface area (Å²) in [6.45, 7) is 0. The molecule has 0 aromatic carbocycles. The molecule has 0 aliphatic heterocycles. The molecule has 4 N–H and O–H groups in total. The first-order valence-corrected chi connectivity index (χ1v) is 6.56. The van der Waals surface area contributed by atoms with Gasteiger partial charge in [-0.3, -0.25) is 4.72 Å². The molecule has 0 spiro atoms. The van der Waals surface area contributed by atoms with Crippen LogP contribution in [0.5, 0.6) is 0 Å². The molecule has 0 saturated heterocycles. The van der Waals surface area contributed by atoms with Crippen LogP contribution in [-0.2, 0) is 10.0 Å². The molecule has 7 nitrogen and oxygen atoms in total. The number of sulfonamides is 1. The van der Waals surface area contributed by atoms with E-state index in [4.69, 9.17) is 5.84 Å². The Kier molecular flexibility index (Phi) is 3.58. The van der Waals surface area contributed by atoms with Crippen LogP contribution in [0.4, 0.5) is 16.0 Å². The number of hydrogen-bond donors (Lipinski definition) is 3. The summed E-state index contributed by atoms with van der Waals surface area (Å²) in [7, 11) is -3.82. The van der Waals surface area contributed by atoms with E-state index in [1.807, 2.05) is 0 Å². The highest BCUT2D eigenvalue weighted by atomic mass is 32.2. The topological polar surface area (TPSA) is 110 Å². The van der Waals surface area contributed by atoms with Crippen LogP contribution < -0.4 is 16.0 Å². The molecule has 0 radical (unpaired) electrons. The minimum absolute atomic E-state index is 0.0161. The van der Waals surface area contributed by atoms with Crippen molar-refractivity contribution in [3.05, 3.63) is 42.5 Å². The highest BCUT2D eigenvalue weighted by Crippen LogP contribution is 2.14. The Morgan fingerprint density at radius 2 is 1.74 bits per heavy atom. The van der Waals surface area contributed by atoms with Crippen molar-refractivity contribution in [2.24, 2.45) is 5.84 Å². The van der Waals surface area contributed by atoms with Gasteiger partial charge in [-0.15, -0.1) is 0 Å². The molecule has 0 fully saturated rings. The van der Waals surface area contributed by atoms with E-state index < -0.39 is 15.8 Å². The number of hydrazine groups is 1. The number of nitrogen functional groups attached to an aromatic ring is 1. The predicted molar refractivity (Wildman–Crippen MR) is 67.1 cm³/mol. The minimum atomic E-state index is -3.82. The molecule has 0 aliphatic rings. The number of nitrogens with two attached hydrogens (primary N) is 1. The fraction of sp³-hybridized carbons (Fsp3) is 0. The summed E-state index contributed by atoms with van der Waals surface area (Å²) >= 11 is 0. The van der Waals surface area contributed by atoms with Crippen molar-refractivity contribution in [1.29, 1.82) is 0 Å². The molecule has 0 bridgehead atoms. The molecule has 2 rings (SSSR count). The van der Waals surface area contributed by atoms with Crippen LogP contribution in [0.3, 0.4) is 0 Å². The summed E-state index contributed by atoms with van der Waals surface area (Å²) in [5, 5.41) is 0. The lowest BCUT2D eigenvalue weighted by molar-refractivity contribution is 0.600. The zero-order valence-corrected chi connectivity index (χ0v) is 10.4. The molecule has 19 heavy (non-hydrogen) atoms. The average molecular weight is 283 g/mol. The molecule has 0 saturated carbocycles. The third-order valence-electron chi connectivity index (χ3n) is 2.16. The van der Waals surface area contributed by atoms with Gasteiger partial charge >= 0.3 is 0 Å². The van der Waals surface area contributed by atoms with Gasteiger partial charge in [-0.05, 0) is 24.3 Å². The number of rotatable bonds is 4. The Morgan fingerprint density at radius 3 is 2.26 bits per heavy atom. The molecule has 2 aromatic heterocycles. The summed E-state index contributed by atoms with van der Waals surface area (Å²) in [5.41, 5.74) is 2.28. The fourth-order valence-corrected chi connectivity index (χ4v) is 2.21. The maximum Gasteiger partial charge on any atom is 0.264 e. The van der Waals surface area contributed by atoms with Crippen LogP contribution in [-0.4, -0.2) is 18.4 Å². The van der Waals surface area contributed by atoms with Gasteiger partial charge in [0, 0.05) is 6.20 Å². The molecule has 9 heteroatoms. The summed E-state index contributed by atoms with van der Waals surface area (Å²) in [5.74, 6) is 4.92. The molecule has 0 atom stereocenters. The quantitative estimate of drug-likeness (QED) is 0.563. The van der Waals surface area contributed by atoms with Crippen LogP contribution in [0, 0.1) is 5.82 Å². The van der Waals surface area contributed by atoms with Crippen molar-refractivity contribution in [2.45, 2.75) is 4.90 Å². The number of pyridine rings is 2. The Bertz CT molecular complexity index is 657. The second-order valence-corrected chi connectivity index (χ2v) is 5.17. The number of halogens is 1. The van der Waals surface area contributed by atoms with E-state index in [-0.39, 0.29) is 10.7 Å². The second-order valence-electron chi connectivity index (χ2n) is 3.49. The molecule has 2 aromatic rings. The smallest absolute Gasteiger partial charge is 0.264 e. The monoisotopic (exact) mass is 283 g/mol. The third kappa shape index (κ3) is 3.14. The standard InChI is InChI=1S/C10H10FN5O2S/c11-7-1-3-10(13-5-7)16-19(17,18)8-2-4-9(15-12)14-6-8/h1-6H,12H2,(H,13,16)(H,14,15). The van der Waals surface area contributed by atoms with Gasteiger partial charge in [-0.25, -0.2) is 28.6 Å². The minimum Gasteiger partial charge on any atom is -0.308 e. The predicted octanol–water partition coefficient (Wildman–Crippen LogP) is 0.702. The Balaban J connectivity index is 2.24. The zero-order chi connectivity index (χ0) is 13.9. The van der Waals surface area contributed by atoms with Gasteiger partial charge in [0.15, 0.2) is 0 Å². The molecule has 0 amide bonds. The molecular weight excluding hydrogens is 273 g/mol. The van der Waals surface area contributed by atoms with Crippen molar-refractivity contribution in [1.82, 2.24) is 9.97 Å². The van der Waals surface area contributed by atoms with Gasteiger partial charge in [-0.2, -0.15) is 0 Å². The first kappa shape index (κ1) is 13.2. The van der Waals surface area contributed by atoms with Gasteiger partial charge in [-0.1, -0.05) is 0 Å². The highest BCUT2D eigenvalue weighted by Gasteiger charge is 2.15. The van der Waals surface area contributed by atoms with Crippen molar-refractivity contribution in [3.63, 3.8) is 0 Å². The van der Waals surface area contributed by atoms with E-state index in [0.717, 1.165) is 18.5 Å². The Morgan fingerprint density at radius 1 is 1.05 bits per heavy atom. The molecular formula is C10H10FN5O2S. The first-order chi connectivity index (χ1) is 9.01. The van der Waals surface area contributed by atoms with Crippen molar-refractivity contribution < 1.29 is 12.8 Å². The summed E-state index contributed by atoms with van der Waals surface area (Å²) in [6.07, 6.45) is 2.05. The molecule has 2 heterocycles. The molecule has 0 unspecified atom stereocenters. The maximum atomic E-state index is 12.7. The van der Waals surface area contributed by atoms with Gasteiger partial charge in [0.2, 0.25) is 0 Å². The van der Waals surface area contributed by atoms with Crippen LogP contribution in [0.25, 0.3) is 0 Å². The van der Waals surface area contributed by atoms with Gasteiger partial charge < -0.3 is 5.43 Å². The lowest BCUT2D eigenvalue weighted by Gasteiger charge is -2.07. The summed E-state index contributed by atoms with van der Waals surface area (Å²) in [6, 6.07) is 5.06. The number of aromatic nitrogens is 2. The van der Waals surface area contributed by atoms with Crippen LogP contribution in [0.2, 0.25) is 0 Å². The normalized spacial score (nSPS) is 11.1. The van der Waals surface area contributed by atoms with Gasteiger partial charge in [0.25, 0.3) is 10.0 Å². The van der Waals surface area contributed by atoms with E-state index in [2.05, 4.69) is 20.1 Å². The van der Waals surface area contributed by atoms with Gasteiger partial charge in [0.1, 0.15) is 22.3 Å². The third-order valence-corrected chi connectivity index (χ3v) is 3.50. The lowest BCUT2D eigenvalue weighted by atomic mass is 10.5. The second kappa shape index (κ2) is 5.16. The summed E-state index contributed by atoms with van der Waals surface area (Å²) in [4.78, 5) is 7.33. The van der Waals surface area contributed by atoms with Crippen LogP contribution >= 0.6 is 0 Å². The first-order valence-electron chi connectivity index (χ1n) is 5.08. The fourth-order valence-electron chi connectivity index (χ4n) is 1.26. The van der Waals surface area contributed by atoms with E-state index in [1.54, 1.807) is 0 Å². The number of nitrogens with one attached hydrogen (secondary N) is 2. The van der Waals surface area contributed by atoms with E-state index >= 15 is 0 Å². The van der Waals surface area contributed by atoms with Crippen molar-refractivity contribution in [2.75, 3.05) is 10.1 Å². The van der Waals surface area contributed by atoms with E-state index in [9.17, 15) is 12.8 Å². The van der Waals surface area contributed by atoms with Crippen LogP contribution in [0.1, 0.15) is 0 Å². The average Bonchev–Trinajstić information content (AvgIpc) is 2.41. The Hall–Kier alpha value is -2.26. The number of hydrogen-bond acceptors (Lipinski definition) is 6. The number of anilines is 2. The largest absolute Gasteiger partial charge is 0.308 e. The SMILES string of the molecule is NNc1ccc(S(=O)(=O)Nc2ccc(F)cn2)cn1. The van der Waals surface area contributed by atoms with E-state index in [0.29, 0.717) is 5.82 Å². The Labute approximate surface area is 108 Å². The van der Waals surface area contributed by atoms with Crippen molar-refractivity contribution in [3.8, 4) is 0 Å². The van der Waals surface area contributed by atoms with E-state index in [1.165, 1.54) is 18.2 Å². The molecule has 100 valence electrons. The summed E-state index contributed by atoms with van der Waals surface area (Å²) < 4.78 is 38.8. The number of nitrogens with zero attached hydrogens (tertiary/aromatic N) is 2. The lowest BCUT2D eigenvalue weighted by Crippen LogP contribution is -2.15. The molecule has 0 aliphatic carbocycles. The van der Waals surface area contributed by atoms with Gasteiger partial charge in [0.05, 0.1) is 6.20 Å². The zero-order valence-electron chi connectivity index (χ0n) is 9.54. The highest BCUT2D eigenvalue weighted by molar-refractivity contribution is 7.92. The van der Waals surface area contributed by atoms with Crippen LogP contribution in [0.15, 0.2) is 41.6 Å². The van der Waals surface area contributed by atoms with Crippen molar-refractivity contribution >= 4 is 21.7 Å². The maximum absolute atomic E-state index is 12.7.